The van der Waals surface area contributed by atoms with Gasteiger partial charge >= 0.3 is 0 Å². The predicted octanol–water partition coefficient (Wildman–Crippen LogP) is 2.63. The Balaban J connectivity index is 2.22. The summed E-state index contributed by atoms with van der Waals surface area (Å²) >= 11 is 5.44. The highest BCUT2D eigenvalue weighted by atomic mass is 32.1. The van der Waals surface area contributed by atoms with E-state index in [1.165, 1.54) is 5.84 Å². The first kappa shape index (κ1) is 13.7. The third-order valence-electron chi connectivity index (χ3n) is 3.40. The van der Waals surface area contributed by atoms with Crippen LogP contribution in [-0.4, -0.2) is 40.6 Å². The SMILES string of the molecule is C=Cc1ccc(N=C([S-])N2CCC[N+](C)=C2C)cc1. The van der Waals surface area contributed by atoms with Crippen LogP contribution in [0.4, 0.5) is 5.69 Å². The zero-order valence-electron chi connectivity index (χ0n) is 11.5. The lowest BCUT2D eigenvalue weighted by molar-refractivity contribution is -0.507. The first-order valence-electron chi connectivity index (χ1n) is 6.42. The van der Waals surface area contributed by atoms with Gasteiger partial charge in [-0.3, -0.25) is 4.58 Å². The van der Waals surface area contributed by atoms with Gasteiger partial charge in [-0.2, -0.15) is 0 Å². The molecule has 0 unspecified atom stereocenters. The minimum Gasteiger partial charge on any atom is -0.717 e. The standard InChI is InChI=1S/C15H19N3S/c1-4-13-6-8-14(9-7-13)16-15(19)18-11-5-10-17(3)12(18)2/h4,6-9H,1,5,10-11H2,2-3H3. The van der Waals surface area contributed by atoms with E-state index in [1.54, 1.807) is 0 Å². The molecule has 0 fully saturated rings. The van der Waals surface area contributed by atoms with Gasteiger partial charge in [-0.25, -0.2) is 9.89 Å². The van der Waals surface area contributed by atoms with E-state index >= 15 is 0 Å². The highest BCUT2D eigenvalue weighted by Gasteiger charge is 2.21. The summed E-state index contributed by atoms with van der Waals surface area (Å²) in [5, 5.41) is 0.635. The molecule has 0 N–H and O–H groups in total. The number of hydrogen-bond donors (Lipinski definition) is 0. The molecule has 0 amide bonds. The van der Waals surface area contributed by atoms with Gasteiger partial charge in [0, 0.05) is 13.3 Å². The summed E-state index contributed by atoms with van der Waals surface area (Å²) in [5.74, 6) is 1.17. The molecule has 0 saturated carbocycles. The van der Waals surface area contributed by atoms with E-state index in [-0.39, 0.29) is 0 Å². The van der Waals surface area contributed by atoms with Crippen molar-refractivity contribution >= 4 is 35.4 Å². The summed E-state index contributed by atoms with van der Waals surface area (Å²) in [6.45, 7) is 7.85. The molecule has 0 saturated heterocycles. The molecule has 0 bridgehead atoms. The van der Waals surface area contributed by atoms with Crippen LogP contribution in [-0.2, 0) is 12.6 Å². The second-order valence-electron chi connectivity index (χ2n) is 4.66. The van der Waals surface area contributed by atoms with Crippen molar-refractivity contribution in [3.05, 3.63) is 36.4 Å². The van der Waals surface area contributed by atoms with Gasteiger partial charge in [0.2, 0.25) is 5.84 Å². The third-order valence-corrected chi connectivity index (χ3v) is 3.71. The van der Waals surface area contributed by atoms with Crippen molar-refractivity contribution in [2.45, 2.75) is 13.3 Å². The maximum atomic E-state index is 5.44. The third kappa shape index (κ3) is 3.20. The van der Waals surface area contributed by atoms with E-state index in [9.17, 15) is 0 Å². The van der Waals surface area contributed by atoms with Gasteiger partial charge in [-0.1, -0.05) is 24.8 Å². The molecule has 0 spiro atoms. The molecular weight excluding hydrogens is 254 g/mol. The Morgan fingerprint density at radius 1 is 1.42 bits per heavy atom. The highest BCUT2D eigenvalue weighted by molar-refractivity contribution is 7.77. The topological polar surface area (TPSA) is 18.6 Å². The number of benzene rings is 1. The summed E-state index contributed by atoms with van der Waals surface area (Å²) in [7, 11) is 2.09. The fourth-order valence-corrected chi connectivity index (χ4v) is 2.41. The molecule has 1 aromatic rings. The van der Waals surface area contributed by atoms with Crippen molar-refractivity contribution in [1.29, 1.82) is 0 Å². The number of nitrogens with zero attached hydrogens (tertiary/aromatic N) is 3. The fourth-order valence-electron chi connectivity index (χ4n) is 2.09. The van der Waals surface area contributed by atoms with E-state index in [4.69, 9.17) is 12.6 Å². The van der Waals surface area contributed by atoms with Crippen LogP contribution in [0.2, 0.25) is 0 Å². The summed E-state index contributed by atoms with van der Waals surface area (Å²) in [5.41, 5.74) is 1.97. The van der Waals surface area contributed by atoms with Crippen LogP contribution in [0.15, 0.2) is 35.8 Å². The zero-order valence-corrected chi connectivity index (χ0v) is 12.3. The molecule has 0 aliphatic carbocycles. The Morgan fingerprint density at radius 2 is 2.11 bits per heavy atom. The summed E-state index contributed by atoms with van der Waals surface area (Å²) in [4.78, 5) is 6.62. The van der Waals surface area contributed by atoms with Crippen molar-refractivity contribution < 1.29 is 4.58 Å². The van der Waals surface area contributed by atoms with E-state index < -0.39 is 0 Å². The molecule has 19 heavy (non-hydrogen) atoms. The van der Waals surface area contributed by atoms with Crippen LogP contribution >= 0.6 is 0 Å². The van der Waals surface area contributed by atoms with Crippen LogP contribution < -0.4 is 0 Å². The summed E-state index contributed by atoms with van der Waals surface area (Å²) < 4.78 is 2.21. The van der Waals surface area contributed by atoms with Crippen LogP contribution in [0.3, 0.4) is 0 Å². The molecule has 1 heterocycles. The predicted molar refractivity (Wildman–Crippen MR) is 84.0 cm³/mol. The number of amidine groups is 2. The molecule has 0 radical (unpaired) electrons. The maximum absolute atomic E-state index is 5.44. The van der Waals surface area contributed by atoms with Gasteiger partial charge in [0.15, 0.2) is 0 Å². The number of hydrogen-bond acceptors (Lipinski definition) is 2. The first-order chi connectivity index (χ1) is 9.11. The summed E-state index contributed by atoms with van der Waals surface area (Å²) in [6, 6.07) is 7.92. The molecule has 4 heteroatoms. The van der Waals surface area contributed by atoms with Gasteiger partial charge in [0.1, 0.15) is 0 Å². The van der Waals surface area contributed by atoms with Crippen LogP contribution in [0.1, 0.15) is 18.9 Å². The lowest BCUT2D eigenvalue weighted by atomic mass is 10.2. The normalized spacial score (nSPS) is 16.7. The molecule has 2 rings (SSSR count). The number of rotatable bonds is 2. The molecular formula is C15H19N3S. The average molecular weight is 273 g/mol. The monoisotopic (exact) mass is 273 g/mol. The molecule has 100 valence electrons. The Morgan fingerprint density at radius 3 is 2.74 bits per heavy atom. The van der Waals surface area contributed by atoms with Gasteiger partial charge < -0.3 is 12.6 Å². The van der Waals surface area contributed by atoms with Crippen LogP contribution in [0.5, 0.6) is 0 Å². The number of aliphatic imine (C=N–C) groups is 1. The van der Waals surface area contributed by atoms with E-state index in [2.05, 4.69) is 35.0 Å². The molecule has 1 aromatic carbocycles. The molecule has 1 aliphatic rings. The van der Waals surface area contributed by atoms with E-state index in [0.29, 0.717) is 5.17 Å². The smallest absolute Gasteiger partial charge is 0.248 e. The fraction of sp³-hybridized carbons (Fsp3) is 0.333. The summed E-state index contributed by atoms with van der Waals surface area (Å²) in [6.07, 6.45) is 2.93. The maximum Gasteiger partial charge on any atom is 0.248 e. The Bertz CT molecular complexity index is 529. The van der Waals surface area contributed by atoms with Crippen molar-refractivity contribution in [2.75, 3.05) is 20.1 Å². The van der Waals surface area contributed by atoms with Crippen molar-refractivity contribution in [1.82, 2.24) is 4.90 Å². The zero-order chi connectivity index (χ0) is 13.8. The van der Waals surface area contributed by atoms with E-state index in [0.717, 1.165) is 30.8 Å². The highest BCUT2D eigenvalue weighted by Crippen LogP contribution is 2.15. The Hall–Kier alpha value is -1.68. The minimum absolute atomic E-state index is 0.635. The van der Waals surface area contributed by atoms with Crippen LogP contribution in [0.25, 0.3) is 6.08 Å². The van der Waals surface area contributed by atoms with Crippen molar-refractivity contribution in [2.24, 2.45) is 4.99 Å². The second kappa shape index (κ2) is 5.97. The minimum atomic E-state index is 0.635. The van der Waals surface area contributed by atoms with Gasteiger partial charge in [0.25, 0.3) is 0 Å². The van der Waals surface area contributed by atoms with Crippen molar-refractivity contribution in [3.8, 4) is 0 Å². The average Bonchev–Trinajstić information content (AvgIpc) is 2.42. The van der Waals surface area contributed by atoms with E-state index in [1.807, 2.05) is 30.3 Å². The van der Waals surface area contributed by atoms with Crippen molar-refractivity contribution in [3.63, 3.8) is 0 Å². The Kier molecular flexibility index (Phi) is 4.32. The molecule has 3 nitrogen and oxygen atoms in total. The Labute approximate surface area is 120 Å². The first-order valence-corrected chi connectivity index (χ1v) is 6.83. The van der Waals surface area contributed by atoms with Crippen LogP contribution in [0, 0.1) is 0 Å². The molecule has 0 atom stereocenters. The molecule has 0 aromatic heterocycles. The quantitative estimate of drug-likeness (QED) is 0.357. The van der Waals surface area contributed by atoms with Gasteiger partial charge in [0.05, 0.1) is 31.0 Å². The second-order valence-corrected chi connectivity index (χ2v) is 5.03. The van der Waals surface area contributed by atoms with Gasteiger partial charge in [-0.05, 0) is 17.7 Å². The lowest BCUT2D eigenvalue weighted by Crippen LogP contribution is -2.44. The largest absolute Gasteiger partial charge is 0.717 e. The van der Waals surface area contributed by atoms with Gasteiger partial charge in [-0.15, -0.1) is 0 Å². The lowest BCUT2D eigenvalue weighted by Gasteiger charge is -2.27. The molecule has 1 aliphatic heterocycles.